The molecule has 0 saturated heterocycles. The third-order valence-electron chi connectivity index (χ3n) is 8.11. The SMILES string of the molecule is CN1CCCSNC(=O)c2ccc3c(C4CCCCC4)c4n(c3c2)C[C@@H](COc2ccccc2-4)OCC1. The molecule has 3 aromatic rings. The van der Waals surface area contributed by atoms with Crippen molar-refractivity contribution in [3.8, 4) is 17.0 Å². The molecular weight excluding hydrogens is 482 g/mol. The molecule has 7 heteroatoms. The number of benzene rings is 2. The highest BCUT2D eigenvalue weighted by molar-refractivity contribution is 7.97. The minimum atomic E-state index is -0.0729. The number of hydrogen-bond donors (Lipinski definition) is 1. The van der Waals surface area contributed by atoms with Crippen molar-refractivity contribution in [1.29, 1.82) is 0 Å². The van der Waals surface area contributed by atoms with Gasteiger partial charge in [-0.05, 0) is 68.6 Å². The molecule has 1 atom stereocenters. The van der Waals surface area contributed by atoms with Crippen LogP contribution in [0, 0.1) is 0 Å². The van der Waals surface area contributed by atoms with Gasteiger partial charge in [0.2, 0.25) is 0 Å². The largest absolute Gasteiger partial charge is 0.490 e. The van der Waals surface area contributed by atoms with Gasteiger partial charge in [-0.15, -0.1) is 0 Å². The zero-order valence-corrected chi connectivity index (χ0v) is 22.5. The molecule has 6 nitrogen and oxygen atoms in total. The van der Waals surface area contributed by atoms with Crippen LogP contribution in [0.1, 0.15) is 60.4 Å². The number of carbonyl (C=O) groups excluding carboxylic acids is 1. The van der Waals surface area contributed by atoms with Gasteiger partial charge in [0.25, 0.3) is 5.91 Å². The highest BCUT2D eigenvalue weighted by atomic mass is 32.2. The molecule has 37 heavy (non-hydrogen) atoms. The van der Waals surface area contributed by atoms with Gasteiger partial charge in [0, 0.05) is 34.3 Å². The lowest BCUT2D eigenvalue weighted by Crippen LogP contribution is -2.33. The molecule has 2 aromatic carbocycles. The van der Waals surface area contributed by atoms with E-state index in [2.05, 4.69) is 57.6 Å². The van der Waals surface area contributed by atoms with Crippen molar-refractivity contribution < 1.29 is 14.3 Å². The molecule has 4 bridgehead atoms. The lowest BCUT2D eigenvalue weighted by Gasteiger charge is -2.28. The van der Waals surface area contributed by atoms with Crippen molar-refractivity contribution in [2.24, 2.45) is 0 Å². The Labute approximate surface area is 223 Å². The zero-order valence-electron chi connectivity index (χ0n) is 21.7. The standard InChI is InChI=1S/C30H37N3O3S/c1-32-14-7-17-37-31-30(34)22-12-13-24-26(18-22)33-19-23(35-16-15-32)20-36-27-11-6-5-10-25(27)29(33)28(24)21-8-3-2-4-9-21/h5-6,10-13,18,21,23H,2-4,7-9,14-17,19-20H2,1H3,(H,31,34)/t23-/m0/s1. The van der Waals surface area contributed by atoms with Gasteiger partial charge in [-0.1, -0.05) is 49.4 Å². The van der Waals surface area contributed by atoms with Crippen LogP contribution < -0.4 is 9.46 Å². The second-order valence-corrected chi connectivity index (χ2v) is 11.6. The van der Waals surface area contributed by atoms with E-state index in [0.717, 1.165) is 42.1 Å². The number of nitrogens with one attached hydrogen (secondary N) is 1. The van der Waals surface area contributed by atoms with E-state index in [1.165, 1.54) is 60.7 Å². The Morgan fingerprint density at radius 3 is 2.78 bits per heavy atom. The van der Waals surface area contributed by atoms with Crippen LogP contribution in [-0.2, 0) is 11.3 Å². The highest BCUT2D eigenvalue weighted by Gasteiger charge is 2.31. The summed E-state index contributed by atoms with van der Waals surface area (Å²) >= 11 is 1.50. The molecule has 1 aliphatic carbocycles. The Morgan fingerprint density at radius 1 is 1.03 bits per heavy atom. The minimum Gasteiger partial charge on any atom is -0.490 e. The quantitative estimate of drug-likeness (QED) is 0.409. The predicted molar refractivity (Wildman–Crippen MR) is 150 cm³/mol. The molecule has 196 valence electrons. The topological polar surface area (TPSA) is 55.7 Å². The van der Waals surface area contributed by atoms with Crippen molar-refractivity contribution in [3.63, 3.8) is 0 Å². The van der Waals surface area contributed by atoms with E-state index in [1.807, 2.05) is 6.07 Å². The van der Waals surface area contributed by atoms with E-state index in [0.29, 0.717) is 31.2 Å². The summed E-state index contributed by atoms with van der Waals surface area (Å²) in [5.41, 5.74) is 5.65. The number of para-hydroxylation sites is 1. The Bertz CT molecular complexity index is 1270. The van der Waals surface area contributed by atoms with Crippen LogP contribution in [0.25, 0.3) is 22.2 Å². The normalized spacial score (nSPS) is 22.3. The summed E-state index contributed by atoms with van der Waals surface area (Å²) in [6.07, 6.45) is 7.21. The summed E-state index contributed by atoms with van der Waals surface area (Å²) in [6, 6.07) is 14.7. The summed E-state index contributed by atoms with van der Waals surface area (Å²) in [6.45, 7) is 3.74. The van der Waals surface area contributed by atoms with Crippen LogP contribution >= 0.6 is 11.9 Å². The zero-order chi connectivity index (χ0) is 25.2. The van der Waals surface area contributed by atoms with Gasteiger partial charge in [0.15, 0.2) is 0 Å². The number of carbonyl (C=O) groups is 1. The fraction of sp³-hybridized carbons (Fsp3) is 0.500. The van der Waals surface area contributed by atoms with E-state index < -0.39 is 0 Å². The van der Waals surface area contributed by atoms with Gasteiger partial charge in [-0.3, -0.25) is 9.52 Å². The molecule has 0 spiro atoms. The van der Waals surface area contributed by atoms with Crippen LogP contribution in [0.15, 0.2) is 42.5 Å². The Kier molecular flexibility index (Phi) is 7.45. The molecule has 2 aliphatic heterocycles. The second kappa shape index (κ2) is 11.1. The predicted octanol–water partition coefficient (Wildman–Crippen LogP) is 5.85. The van der Waals surface area contributed by atoms with Gasteiger partial charge < -0.3 is 18.9 Å². The molecule has 0 unspecified atom stereocenters. The summed E-state index contributed by atoms with van der Waals surface area (Å²) in [5.74, 6) is 2.29. The van der Waals surface area contributed by atoms with Gasteiger partial charge >= 0.3 is 0 Å². The maximum absolute atomic E-state index is 13.1. The van der Waals surface area contributed by atoms with Crippen LogP contribution in [-0.4, -0.2) is 60.6 Å². The first-order valence-electron chi connectivity index (χ1n) is 13.8. The molecule has 6 rings (SSSR count). The van der Waals surface area contributed by atoms with E-state index in [9.17, 15) is 4.79 Å². The molecule has 1 N–H and O–H groups in total. The Morgan fingerprint density at radius 2 is 1.89 bits per heavy atom. The molecule has 1 aromatic heterocycles. The average molecular weight is 520 g/mol. The molecule has 3 aliphatic rings. The lowest BCUT2D eigenvalue weighted by molar-refractivity contribution is 0.00239. The average Bonchev–Trinajstić information content (AvgIpc) is 3.22. The monoisotopic (exact) mass is 519 g/mol. The third-order valence-corrected chi connectivity index (χ3v) is 8.93. The minimum absolute atomic E-state index is 0.0236. The van der Waals surface area contributed by atoms with E-state index in [1.54, 1.807) is 0 Å². The molecule has 1 amide bonds. The fourth-order valence-electron chi connectivity index (χ4n) is 6.20. The van der Waals surface area contributed by atoms with Gasteiger partial charge in [0.1, 0.15) is 18.5 Å². The van der Waals surface area contributed by atoms with E-state index in [4.69, 9.17) is 9.47 Å². The number of hydrogen-bond acceptors (Lipinski definition) is 5. The van der Waals surface area contributed by atoms with Crippen molar-refractivity contribution in [1.82, 2.24) is 14.2 Å². The molecular formula is C30H37N3O3S. The van der Waals surface area contributed by atoms with Crippen molar-refractivity contribution in [3.05, 3.63) is 53.6 Å². The first-order chi connectivity index (χ1) is 18.2. The maximum Gasteiger partial charge on any atom is 0.261 e. The van der Waals surface area contributed by atoms with Gasteiger partial charge in [-0.2, -0.15) is 0 Å². The molecule has 0 radical (unpaired) electrons. The molecule has 3 heterocycles. The second-order valence-electron chi connectivity index (χ2n) is 10.7. The number of aromatic nitrogens is 1. The number of amides is 1. The molecule has 1 fully saturated rings. The van der Waals surface area contributed by atoms with Crippen LogP contribution in [0.5, 0.6) is 5.75 Å². The third kappa shape index (κ3) is 5.14. The fourth-order valence-corrected chi connectivity index (χ4v) is 6.82. The van der Waals surface area contributed by atoms with Crippen LogP contribution in [0.4, 0.5) is 0 Å². The van der Waals surface area contributed by atoms with Crippen molar-refractivity contribution in [2.75, 3.05) is 39.1 Å². The summed E-state index contributed by atoms with van der Waals surface area (Å²) in [7, 11) is 2.13. The van der Waals surface area contributed by atoms with Gasteiger partial charge in [-0.25, -0.2) is 0 Å². The first kappa shape index (κ1) is 24.8. The summed E-state index contributed by atoms with van der Waals surface area (Å²) < 4.78 is 18.4. The number of likely N-dealkylation sites (N-methyl/N-ethyl adjacent to an activating group) is 1. The smallest absolute Gasteiger partial charge is 0.261 e. The first-order valence-corrected chi connectivity index (χ1v) is 14.8. The number of ether oxygens (including phenoxy) is 2. The number of fused-ring (bicyclic) bond motifs is 4. The number of nitrogens with zero attached hydrogens (tertiary/aromatic N) is 2. The van der Waals surface area contributed by atoms with Crippen LogP contribution in [0.3, 0.4) is 0 Å². The Hall–Kier alpha value is -2.48. The van der Waals surface area contributed by atoms with Crippen LogP contribution in [0.2, 0.25) is 0 Å². The maximum atomic E-state index is 13.1. The van der Waals surface area contributed by atoms with Crippen molar-refractivity contribution >= 4 is 28.8 Å². The van der Waals surface area contributed by atoms with E-state index >= 15 is 0 Å². The lowest BCUT2D eigenvalue weighted by atomic mass is 9.81. The summed E-state index contributed by atoms with van der Waals surface area (Å²) in [4.78, 5) is 15.4. The molecule has 1 saturated carbocycles. The number of rotatable bonds is 1. The Balaban J connectivity index is 1.54. The highest BCUT2D eigenvalue weighted by Crippen LogP contribution is 2.47. The van der Waals surface area contributed by atoms with Crippen molar-refractivity contribution in [2.45, 2.75) is 57.1 Å². The summed E-state index contributed by atoms with van der Waals surface area (Å²) in [5, 5.41) is 1.27. The van der Waals surface area contributed by atoms with Gasteiger partial charge in [0.05, 0.1) is 18.8 Å². The van der Waals surface area contributed by atoms with E-state index in [-0.39, 0.29) is 12.0 Å².